The Hall–Kier alpha value is -0.980. The van der Waals surface area contributed by atoms with Crippen molar-refractivity contribution in [2.75, 3.05) is 18.1 Å². The maximum Gasteiger partial charge on any atom is 0.153 e. The molecule has 1 fully saturated rings. The number of nitrogens with zero attached hydrogens (tertiary/aromatic N) is 1. The molecule has 1 aliphatic rings. The number of nitrogens with one attached hydrogen (secondary N) is 1. The summed E-state index contributed by atoms with van der Waals surface area (Å²) in [6.07, 6.45) is 3.49. The molecule has 0 saturated carbocycles. The van der Waals surface area contributed by atoms with Gasteiger partial charge in [0.15, 0.2) is 9.84 Å². The van der Waals surface area contributed by atoms with Crippen LogP contribution in [0.5, 0.6) is 0 Å². The van der Waals surface area contributed by atoms with E-state index in [9.17, 15) is 13.2 Å². The molecule has 1 aliphatic heterocycles. The summed E-state index contributed by atoms with van der Waals surface area (Å²) in [6, 6.07) is 1.41. The van der Waals surface area contributed by atoms with Crippen LogP contribution in [0.25, 0.3) is 0 Å². The highest BCUT2D eigenvalue weighted by atomic mass is 35.5. The van der Waals surface area contributed by atoms with Crippen molar-refractivity contribution >= 4 is 27.2 Å². The van der Waals surface area contributed by atoms with Crippen LogP contribution in [0.15, 0.2) is 18.5 Å². The monoisotopic (exact) mass is 302 g/mol. The zero-order valence-electron chi connectivity index (χ0n) is 10.3. The van der Waals surface area contributed by atoms with E-state index in [1.54, 1.807) is 12.3 Å². The first kappa shape index (κ1) is 14.4. The zero-order chi connectivity index (χ0) is 13.9. The standard InChI is InChI=1S/C12H15ClN2O3S/c13-12-7-14-2-1-9(12)5-11(16)6-10-8-19(17,18)4-3-15-10/h1-2,7,10,15H,3-6,8H2. The molecule has 0 radical (unpaired) electrons. The smallest absolute Gasteiger partial charge is 0.153 e. The van der Waals surface area contributed by atoms with Crippen molar-refractivity contribution < 1.29 is 13.2 Å². The number of sulfone groups is 1. The van der Waals surface area contributed by atoms with Crippen LogP contribution in [0.2, 0.25) is 5.02 Å². The predicted molar refractivity (Wildman–Crippen MR) is 73.0 cm³/mol. The third-order valence-corrected chi connectivity index (χ3v) is 5.10. The SMILES string of the molecule is O=C(Cc1ccncc1Cl)CC1CS(=O)(=O)CCN1. The van der Waals surface area contributed by atoms with Crippen LogP contribution in [0, 0.1) is 0 Å². The van der Waals surface area contributed by atoms with Crippen LogP contribution in [0.1, 0.15) is 12.0 Å². The third-order valence-electron chi connectivity index (χ3n) is 3.02. The molecule has 1 atom stereocenters. The van der Waals surface area contributed by atoms with Crippen molar-refractivity contribution in [3.8, 4) is 0 Å². The Morgan fingerprint density at radius 1 is 1.53 bits per heavy atom. The lowest BCUT2D eigenvalue weighted by atomic mass is 10.0. The lowest BCUT2D eigenvalue weighted by Gasteiger charge is -2.23. The molecule has 1 aromatic heterocycles. The van der Waals surface area contributed by atoms with Gasteiger partial charge in [0.1, 0.15) is 5.78 Å². The number of ketones is 1. The topological polar surface area (TPSA) is 76.1 Å². The Bertz CT molecular complexity index is 574. The van der Waals surface area contributed by atoms with E-state index in [1.807, 2.05) is 0 Å². The molecule has 7 heteroatoms. The molecule has 1 saturated heterocycles. The van der Waals surface area contributed by atoms with Gasteiger partial charge in [-0.05, 0) is 11.6 Å². The van der Waals surface area contributed by atoms with E-state index in [0.29, 0.717) is 11.6 Å². The van der Waals surface area contributed by atoms with Crippen LogP contribution in [-0.2, 0) is 21.1 Å². The summed E-state index contributed by atoms with van der Waals surface area (Å²) in [5.41, 5.74) is 0.723. The summed E-state index contributed by atoms with van der Waals surface area (Å²) in [6.45, 7) is 0.413. The molecule has 19 heavy (non-hydrogen) atoms. The fourth-order valence-electron chi connectivity index (χ4n) is 2.11. The molecule has 1 aromatic rings. The maximum atomic E-state index is 11.9. The second-order valence-electron chi connectivity index (χ2n) is 4.65. The van der Waals surface area contributed by atoms with Crippen molar-refractivity contribution in [2.24, 2.45) is 0 Å². The summed E-state index contributed by atoms with van der Waals surface area (Å²) in [4.78, 5) is 15.8. The summed E-state index contributed by atoms with van der Waals surface area (Å²) < 4.78 is 22.9. The zero-order valence-corrected chi connectivity index (χ0v) is 11.9. The number of halogens is 1. The minimum absolute atomic E-state index is 0.0253. The molecule has 1 unspecified atom stereocenters. The quantitative estimate of drug-likeness (QED) is 0.882. The number of carbonyl (C=O) groups excluding carboxylic acids is 1. The third kappa shape index (κ3) is 4.26. The molecule has 0 spiro atoms. The van der Waals surface area contributed by atoms with Crippen molar-refractivity contribution in [2.45, 2.75) is 18.9 Å². The van der Waals surface area contributed by atoms with E-state index < -0.39 is 9.84 Å². The molecule has 0 aromatic carbocycles. The van der Waals surface area contributed by atoms with Crippen LogP contribution in [0.4, 0.5) is 0 Å². The first-order valence-electron chi connectivity index (χ1n) is 6.00. The van der Waals surface area contributed by atoms with Gasteiger partial charge in [-0.25, -0.2) is 8.42 Å². The number of hydrogen-bond donors (Lipinski definition) is 1. The lowest BCUT2D eigenvalue weighted by Crippen LogP contribution is -2.46. The summed E-state index contributed by atoms with van der Waals surface area (Å²) in [5.74, 6) is 0.152. The van der Waals surface area contributed by atoms with Gasteiger partial charge < -0.3 is 5.32 Å². The fraction of sp³-hybridized carbons (Fsp3) is 0.500. The van der Waals surface area contributed by atoms with Gasteiger partial charge in [0.2, 0.25) is 0 Å². The fourth-order valence-corrected chi connectivity index (χ4v) is 3.74. The second kappa shape index (κ2) is 5.98. The van der Waals surface area contributed by atoms with E-state index in [-0.39, 0.29) is 36.2 Å². The molecule has 5 nitrogen and oxygen atoms in total. The molecule has 0 bridgehead atoms. The molecule has 0 amide bonds. The molecule has 2 rings (SSSR count). The first-order valence-corrected chi connectivity index (χ1v) is 8.20. The molecular formula is C12H15ClN2O3S. The largest absolute Gasteiger partial charge is 0.312 e. The lowest BCUT2D eigenvalue weighted by molar-refractivity contribution is -0.118. The Morgan fingerprint density at radius 3 is 3.00 bits per heavy atom. The van der Waals surface area contributed by atoms with Gasteiger partial charge in [0, 0.05) is 37.8 Å². The van der Waals surface area contributed by atoms with Gasteiger partial charge in [0.25, 0.3) is 0 Å². The number of carbonyl (C=O) groups is 1. The molecule has 2 heterocycles. The second-order valence-corrected chi connectivity index (χ2v) is 7.29. The number of aromatic nitrogens is 1. The van der Waals surface area contributed by atoms with E-state index in [4.69, 9.17) is 11.6 Å². The van der Waals surface area contributed by atoms with E-state index in [1.165, 1.54) is 6.20 Å². The average molecular weight is 303 g/mol. The van der Waals surface area contributed by atoms with Crippen molar-refractivity contribution in [3.63, 3.8) is 0 Å². The molecule has 0 aliphatic carbocycles. The first-order chi connectivity index (χ1) is 8.96. The number of Topliss-reactive ketones (excluding diaryl/α,β-unsaturated/α-hetero) is 1. The van der Waals surface area contributed by atoms with Crippen molar-refractivity contribution in [3.05, 3.63) is 29.0 Å². The Labute approximate surface area is 117 Å². The van der Waals surface area contributed by atoms with Crippen LogP contribution < -0.4 is 5.32 Å². The number of pyridine rings is 1. The highest BCUT2D eigenvalue weighted by Gasteiger charge is 2.25. The highest BCUT2D eigenvalue weighted by Crippen LogP contribution is 2.15. The molecule has 104 valence electrons. The molecule has 1 N–H and O–H groups in total. The minimum Gasteiger partial charge on any atom is -0.312 e. The van der Waals surface area contributed by atoms with E-state index in [2.05, 4.69) is 10.3 Å². The number of hydrogen-bond acceptors (Lipinski definition) is 5. The van der Waals surface area contributed by atoms with Gasteiger partial charge in [-0.2, -0.15) is 0 Å². The van der Waals surface area contributed by atoms with Gasteiger partial charge in [0.05, 0.1) is 16.5 Å². The van der Waals surface area contributed by atoms with Gasteiger partial charge >= 0.3 is 0 Å². The van der Waals surface area contributed by atoms with Gasteiger partial charge in [-0.3, -0.25) is 9.78 Å². The average Bonchev–Trinajstić information content (AvgIpc) is 2.30. The maximum absolute atomic E-state index is 11.9. The van der Waals surface area contributed by atoms with Gasteiger partial charge in [-0.1, -0.05) is 11.6 Å². The Morgan fingerprint density at radius 2 is 2.32 bits per heavy atom. The predicted octanol–water partition coefficient (Wildman–Crippen LogP) is 0.623. The van der Waals surface area contributed by atoms with E-state index >= 15 is 0 Å². The molecular weight excluding hydrogens is 288 g/mol. The van der Waals surface area contributed by atoms with Crippen LogP contribution >= 0.6 is 11.6 Å². The summed E-state index contributed by atoms with van der Waals surface area (Å²) >= 11 is 5.93. The Balaban J connectivity index is 1.93. The summed E-state index contributed by atoms with van der Waals surface area (Å²) in [7, 11) is -3.01. The number of rotatable bonds is 4. The minimum atomic E-state index is -3.01. The van der Waals surface area contributed by atoms with Crippen molar-refractivity contribution in [1.82, 2.24) is 10.3 Å². The van der Waals surface area contributed by atoms with Crippen LogP contribution in [0.3, 0.4) is 0 Å². The normalized spacial score (nSPS) is 22.1. The van der Waals surface area contributed by atoms with Gasteiger partial charge in [-0.15, -0.1) is 0 Å². The highest BCUT2D eigenvalue weighted by molar-refractivity contribution is 7.91. The van der Waals surface area contributed by atoms with E-state index in [0.717, 1.165) is 5.56 Å². The van der Waals surface area contributed by atoms with Crippen molar-refractivity contribution in [1.29, 1.82) is 0 Å². The van der Waals surface area contributed by atoms with Crippen LogP contribution in [-0.4, -0.2) is 43.3 Å². The Kier molecular flexibility index (Phi) is 4.54. The summed E-state index contributed by atoms with van der Waals surface area (Å²) in [5, 5.41) is 3.52.